The molecule has 6 nitrogen and oxygen atoms in total. The fourth-order valence-electron chi connectivity index (χ4n) is 3.42. The number of aromatic nitrogens is 1. The molecular weight excluding hydrogens is 354 g/mol. The zero-order chi connectivity index (χ0) is 19.9. The van der Waals surface area contributed by atoms with Gasteiger partial charge in [-0.1, -0.05) is 30.3 Å². The van der Waals surface area contributed by atoms with Gasteiger partial charge in [0.05, 0.1) is 0 Å². The molecule has 1 N–H and O–H groups in total. The van der Waals surface area contributed by atoms with Crippen LogP contribution in [0.1, 0.15) is 30.5 Å². The minimum atomic E-state index is -0.0673. The van der Waals surface area contributed by atoms with E-state index in [1.165, 1.54) is 11.6 Å². The molecule has 28 heavy (non-hydrogen) atoms. The highest BCUT2D eigenvalue weighted by atomic mass is 16.5. The standard InChI is InChI=1S/C22H29N3O3/c1-17-15-20(16-21(26)24(17)2)28-19-10-13-25(14-11-19)22(27)23-12-6-9-18-7-4-3-5-8-18/h3-5,7-8,15-16,19H,6,9-14H2,1-2H3,(H,23,27). The van der Waals surface area contributed by atoms with Crippen LogP contribution in [0.3, 0.4) is 0 Å². The van der Waals surface area contributed by atoms with Crippen molar-refractivity contribution in [2.45, 2.75) is 38.7 Å². The molecule has 2 heterocycles. The zero-order valence-electron chi connectivity index (χ0n) is 16.7. The van der Waals surface area contributed by atoms with Gasteiger partial charge < -0.3 is 19.5 Å². The molecule has 1 saturated heterocycles. The van der Waals surface area contributed by atoms with E-state index in [2.05, 4.69) is 17.4 Å². The number of urea groups is 1. The zero-order valence-corrected chi connectivity index (χ0v) is 16.7. The number of nitrogens with one attached hydrogen (secondary N) is 1. The van der Waals surface area contributed by atoms with Gasteiger partial charge >= 0.3 is 6.03 Å². The number of piperidine rings is 1. The van der Waals surface area contributed by atoms with Crippen LogP contribution in [0.2, 0.25) is 0 Å². The van der Waals surface area contributed by atoms with E-state index in [1.807, 2.05) is 36.1 Å². The molecular formula is C22H29N3O3. The molecule has 0 atom stereocenters. The molecule has 150 valence electrons. The van der Waals surface area contributed by atoms with Gasteiger partial charge in [0.25, 0.3) is 5.56 Å². The van der Waals surface area contributed by atoms with Gasteiger partial charge in [-0.15, -0.1) is 0 Å². The summed E-state index contributed by atoms with van der Waals surface area (Å²) < 4.78 is 7.57. The molecule has 1 aromatic carbocycles. The molecule has 1 aliphatic heterocycles. The Balaban J connectivity index is 1.38. The molecule has 6 heteroatoms. The Morgan fingerprint density at radius 3 is 2.57 bits per heavy atom. The molecule has 0 aliphatic carbocycles. The van der Waals surface area contributed by atoms with Gasteiger partial charge in [0.1, 0.15) is 11.9 Å². The number of hydrogen-bond donors (Lipinski definition) is 1. The Hall–Kier alpha value is -2.76. The molecule has 0 saturated carbocycles. The lowest BCUT2D eigenvalue weighted by molar-refractivity contribution is 0.111. The van der Waals surface area contributed by atoms with Crippen LogP contribution in [0.25, 0.3) is 0 Å². The number of carbonyl (C=O) groups excluding carboxylic acids is 1. The van der Waals surface area contributed by atoms with Crippen molar-refractivity contribution < 1.29 is 9.53 Å². The summed E-state index contributed by atoms with van der Waals surface area (Å²) in [5, 5.41) is 3.01. The lowest BCUT2D eigenvalue weighted by Gasteiger charge is -2.32. The number of carbonyl (C=O) groups is 1. The van der Waals surface area contributed by atoms with Crippen LogP contribution in [0, 0.1) is 6.92 Å². The highest BCUT2D eigenvalue weighted by Gasteiger charge is 2.24. The summed E-state index contributed by atoms with van der Waals surface area (Å²) in [6.45, 7) is 3.90. The summed E-state index contributed by atoms with van der Waals surface area (Å²) >= 11 is 0. The average molecular weight is 383 g/mol. The number of aryl methyl sites for hydroxylation is 2. The van der Waals surface area contributed by atoms with Gasteiger partial charge in [-0.25, -0.2) is 4.79 Å². The van der Waals surface area contributed by atoms with E-state index < -0.39 is 0 Å². The highest BCUT2D eigenvalue weighted by Crippen LogP contribution is 2.18. The minimum absolute atomic E-state index is 0.00376. The third-order valence-corrected chi connectivity index (χ3v) is 5.27. The molecule has 1 aromatic heterocycles. The lowest BCUT2D eigenvalue weighted by atomic mass is 10.1. The van der Waals surface area contributed by atoms with Gasteiger partial charge in [0, 0.05) is 51.3 Å². The van der Waals surface area contributed by atoms with Crippen molar-refractivity contribution in [3.63, 3.8) is 0 Å². The number of nitrogens with zero attached hydrogens (tertiary/aromatic N) is 2. The summed E-state index contributed by atoms with van der Waals surface area (Å²) in [6, 6.07) is 13.7. The van der Waals surface area contributed by atoms with E-state index in [0.29, 0.717) is 25.4 Å². The largest absolute Gasteiger partial charge is 0.490 e. The first kappa shape index (κ1) is 20.0. The van der Waals surface area contributed by atoms with E-state index in [1.54, 1.807) is 11.6 Å². The van der Waals surface area contributed by atoms with Crippen LogP contribution >= 0.6 is 0 Å². The summed E-state index contributed by atoms with van der Waals surface area (Å²) in [4.78, 5) is 26.1. The maximum Gasteiger partial charge on any atom is 0.317 e. The molecule has 2 aromatic rings. The van der Waals surface area contributed by atoms with E-state index in [0.717, 1.165) is 31.4 Å². The van der Waals surface area contributed by atoms with E-state index in [-0.39, 0.29) is 17.7 Å². The van der Waals surface area contributed by atoms with Crippen molar-refractivity contribution in [2.24, 2.45) is 7.05 Å². The molecule has 0 spiro atoms. The number of pyridine rings is 1. The summed E-state index contributed by atoms with van der Waals surface area (Å²) in [5.41, 5.74) is 2.10. The van der Waals surface area contributed by atoms with Crippen molar-refractivity contribution in [3.8, 4) is 5.75 Å². The monoisotopic (exact) mass is 383 g/mol. The first-order valence-corrected chi connectivity index (χ1v) is 9.94. The molecule has 0 radical (unpaired) electrons. The van der Waals surface area contributed by atoms with Gasteiger partial charge in [-0.3, -0.25) is 4.79 Å². The minimum Gasteiger partial charge on any atom is -0.490 e. The SMILES string of the molecule is Cc1cc(OC2CCN(C(=O)NCCCc3ccccc3)CC2)cc(=O)n1C. The Morgan fingerprint density at radius 1 is 1.18 bits per heavy atom. The number of benzene rings is 1. The molecule has 0 bridgehead atoms. The predicted molar refractivity (Wildman–Crippen MR) is 110 cm³/mol. The van der Waals surface area contributed by atoms with E-state index in [4.69, 9.17) is 4.74 Å². The molecule has 1 aliphatic rings. The fourth-order valence-corrected chi connectivity index (χ4v) is 3.42. The number of ether oxygens (including phenoxy) is 1. The Bertz CT molecular complexity index is 840. The van der Waals surface area contributed by atoms with Crippen LogP contribution in [0.15, 0.2) is 47.3 Å². The van der Waals surface area contributed by atoms with Crippen LogP contribution < -0.4 is 15.6 Å². The number of amides is 2. The van der Waals surface area contributed by atoms with Crippen LogP contribution in [0.4, 0.5) is 4.79 Å². The number of likely N-dealkylation sites (tertiary alicyclic amines) is 1. The van der Waals surface area contributed by atoms with Crippen LogP contribution in [-0.2, 0) is 13.5 Å². The normalized spacial score (nSPS) is 14.7. The van der Waals surface area contributed by atoms with Gasteiger partial charge in [-0.05, 0) is 31.4 Å². The summed E-state index contributed by atoms with van der Waals surface area (Å²) in [7, 11) is 1.75. The molecule has 1 fully saturated rings. The van der Waals surface area contributed by atoms with E-state index >= 15 is 0 Å². The third-order valence-electron chi connectivity index (χ3n) is 5.27. The predicted octanol–water partition coefficient (Wildman–Crippen LogP) is 2.88. The summed E-state index contributed by atoms with van der Waals surface area (Å²) in [6.07, 6.45) is 3.47. The van der Waals surface area contributed by atoms with Crippen molar-refractivity contribution in [2.75, 3.05) is 19.6 Å². The van der Waals surface area contributed by atoms with E-state index in [9.17, 15) is 9.59 Å². The molecule has 2 amide bonds. The summed E-state index contributed by atoms with van der Waals surface area (Å²) in [5.74, 6) is 0.615. The first-order valence-electron chi connectivity index (χ1n) is 9.94. The van der Waals surface area contributed by atoms with Crippen LogP contribution in [0.5, 0.6) is 5.75 Å². The Kier molecular flexibility index (Phi) is 6.74. The van der Waals surface area contributed by atoms with Crippen molar-refractivity contribution >= 4 is 6.03 Å². The van der Waals surface area contributed by atoms with Crippen molar-refractivity contribution in [3.05, 3.63) is 64.1 Å². The maximum atomic E-state index is 12.3. The second-order valence-corrected chi connectivity index (χ2v) is 7.36. The third kappa shape index (κ3) is 5.38. The lowest BCUT2D eigenvalue weighted by Crippen LogP contribution is -2.46. The maximum absolute atomic E-state index is 12.3. The average Bonchev–Trinajstić information content (AvgIpc) is 2.70. The van der Waals surface area contributed by atoms with Crippen molar-refractivity contribution in [1.82, 2.24) is 14.8 Å². The van der Waals surface area contributed by atoms with Gasteiger partial charge in [-0.2, -0.15) is 0 Å². The van der Waals surface area contributed by atoms with Gasteiger partial charge in [0.15, 0.2) is 0 Å². The second-order valence-electron chi connectivity index (χ2n) is 7.36. The van der Waals surface area contributed by atoms with Gasteiger partial charge in [0.2, 0.25) is 0 Å². The number of hydrogen-bond acceptors (Lipinski definition) is 3. The molecule has 3 rings (SSSR count). The second kappa shape index (κ2) is 9.44. The van der Waals surface area contributed by atoms with Crippen molar-refractivity contribution in [1.29, 1.82) is 0 Å². The quantitative estimate of drug-likeness (QED) is 0.780. The van der Waals surface area contributed by atoms with Crippen LogP contribution in [-0.4, -0.2) is 41.2 Å². The fraction of sp³-hybridized carbons (Fsp3) is 0.455. The molecule has 0 unspecified atom stereocenters. The highest BCUT2D eigenvalue weighted by molar-refractivity contribution is 5.74. The Labute approximate surface area is 166 Å². The topological polar surface area (TPSA) is 63.6 Å². The smallest absolute Gasteiger partial charge is 0.317 e. The number of rotatable bonds is 6. The first-order chi connectivity index (χ1) is 13.5. The Morgan fingerprint density at radius 2 is 1.89 bits per heavy atom.